The summed E-state index contributed by atoms with van der Waals surface area (Å²) in [7, 11) is 0. The highest BCUT2D eigenvalue weighted by Crippen LogP contribution is 2.08. The van der Waals surface area contributed by atoms with Crippen LogP contribution in [0.4, 0.5) is 5.95 Å². The molecule has 2 N–H and O–H groups in total. The molecule has 2 rings (SSSR count). The third-order valence-electron chi connectivity index (χ3n) is 2.03. The van der Waals surface area contributed by atoms with Crippen molar-refractivity contribution in [1.29, 1.82) is 5.26 Å². The number of rotatable bonds is 3. The van der Waals surface area contributed by atoms with Gasteiger partial charge in [0.25, 0.3) is 0 Å². The summed E-state index contributed by atoms with van der Waals surface area (Å²) in [5.74, 6) is 0.637. The van der Waals surface area contributed by atoms with Crippen LogP contribution in [0.5, 0.6) is 0 Å². The lowest BCUT2D eigenvalue weighted by Gasteiger charge is -2.02. The summed E-state index contributed by atoms with van der Waals surface area (Å²) < 4.78 is 0. The van der Waals surface area contributed by atoms with Gasteiger partial charge in [0.15, 0.2) is 0 Å². The summed E-state index contributed by atoms with van der Waals surface area (Å²) in [6, 6.07) is 3.82. The van der Waals surface area contributed by atoms with Gasteiger partial charge in [-0.2, -0.15) is 10.5 Å². The maximum Gasteiger partial charge on any atom is 0.227 e. The van der Waals surface area contributed by atoms with Gasteiger partial charge in [-0.3, -0.25) is 0 Å². The van der Waals surface area contributed by atoms with E-state index in [2.05, 4.69) is 35.9 Å². The van der Waals surface area contributed by atoms with Crippen molar-refractivity contribution in [3.63, 3.8) is 0 Å². The van der Waals surface area contributed by atoms with E-state index in [0.717, 1.165) is 11.4 Å². The van der Waals surface area contributed by atoms with Crippen molar-refractivity contribution in [2.75, 3.05) is 5.32 Å². The molecule has 0 aliphatic heterocycles. The number of nitriles is 1. The SMILES string of the molecule is Cc1cc(C)nc(N/C=C(/C#N)c2nn[nH]n2)n1. The molecule has 0 aromatic carbocycles. The number of nitrogens with one attached hydrogen (secondary N) is 2. The average molecular weight is 242 g/mol. The van der Waals surface area contributed by atoms with E-state index in [9.17, 15) is 0 Å². The van der Waals surface area contributed by atoms with Crippen LogP contribution in [0.2, 0.25) is 0 Å². The van der Waals surface area contributed by atoms with Crippen LogP contribution in [-0.4, -0.2) is 30.6 Å². The van der Waals surface area contributed by atoms with Crippen LogP contribution in [0, 0.1) is 25.2 Å². The number of allylic oxidation sites excluding steroid dienone is 1. The number of aryl methyl sites for hydroxylation is 2. The number of aromatic amines is 1. The Morgan fingerprint density at radius 2 is 2.11 bits per heavy atom. The van der Waals surface area contributed by atoms with E-state index in [0.29, 0.717) is 5.95 Å². The van der Waals surface area contributed by atoms with Gasteiger partial charge in [-0.1, -0.05) is 0 Å². The van der Waals surface area contributed by atoms with Crippen molar-refractivity contribution < 1.29 is 0 Å². The fourth-order valence-electron chi connectivity index (χ4n) is 1.35. The molecule has 0 saturated carbocycles. The second kappa shape index (κ2) is 5.01. The second-order valence-corrected chi connectivity index (χ2v) is 3.52. The van der Waals surface area contributed by atoms with E-state index in [4.69, 9.17) is 5.26 Å². The normalized spacial score (nSPS) is 11.1. The number of hydrogen-bond donors (Lipinski definition) is 2. The fourth-order valence-corrected chi connectivity index (χ4v) is 1.35. The van der Waals surface area contributed by atoms with Crippen LogP contribution in [0.3, 0.4) is 0 Å². The van der Waals surface area contributed by atoms with Crippen molar-refractivity contribution >= 4 is 11.5 Å². The molecular formula is C10H10N8. The van der Waals surface area contributed by atoms with Gasteiger partial charge < -0.3 is 5.32 Å². The number of anilines is 1. The van der Waals surface area contributed by atoms with Crippen molar-refractivity contribution in [1.82, 2.24) is 30.6 Å². The quantitative estimate of drug-likeness (QED) is 0.756. The van der Waals surface area contributed by atoms with Gasteiger partial charge in [0.05, 0.1) is 0 Å². The molecule has 18 heavy (non-hydrogen) atoms. The molecule has 8 nitrogen and oxygen atoms in total. The maximum absolute atomic E-state index is 8.96. The van der Waals surface area contributed by atoms with Crippen molar-refractivity contribution in [2.24, 2.45) is 0 Å². The monoisotopic (exact) mass is 242 g/mol. The zero-order chi connectivity index (χ0) is 13.0. The molecule has 0 saturated heterocycles. The topological polar surface area (TPSA) is 116 Å². The molecule has 2 aromatic heterocycles. The van der Waals surface area contributed by atoms with Crippen molar-refractivity contribution in [3.05, 3.63) is 29.5 Å². The first-order chi connectivity index (χ1) is 8.69. The Hall–Kier alpha value is -2.82. The Bertz CT molecular complexity index is 587. The molecule has 8 heteroatoms. The summed E-state index contributed by atoms with van der Waals surface area (Å²) in [6.45, 7) is 3.74. The van der Waals surface area contributed by atoms with Gasteiger partial charge in [0.1, 0.15) is 11.6 Å². The van der Waals surface area contributed by atoms with Crippen molar-refractivity contribution in [3.8, 4) is 6.07 Å². The van der Waals surface area contributed by atoms with Gasteiger partial charge >= 0.3 is 0 Å². The summed E-state index contributed by atoms with van der Waals surface area (Å²) in [5, 5.41) is 24.9. The van der Waals surface area contributed by atoms with Crippen LogP contribution < -0.4 is 5.32 Å². The fraction of sp³-hybridized carbons (Fsp3) is 0.200. The Balaban J connectivity index is 2.21. The predicted molar refractivity (Wildman–Crippen MR) is 62.9 cm³/mol. The summed E-state index contributed by atoms with van der Waals surface area (Å²) in [4.78, 5) is 8.36. The number of nitrogens with zero attached hydrogens (tertiary/aromatic N) is 6. The molecular weight excluding hydrogens is 232 g/mol. The first-order valence-electron chi connectivity index (χ1n) is 5.12. The Kier molecular flexibility index (Phi) is 3.24. The van der Waals surface area contributed by atoms with Crippen LogP contribution >= 0.6 is 0 Å². The standard InChI is InChI=1S/C10H10N8/c1-6-3-7(2)14-10(13-6)12-5-8(4-11)9-15-17-18-16-9/h3,5H,1-2H3,(H,12,13,14)(H,15,16,17,18)/b8-5-. The van der Waals surface area contributed by atoms with Crippen LogP contribution in [0.25, 0.3) is 5.57 Å². The second-order valence-electron chi connectivity index (χ2n) is 3.52. The molecule has 0 aliphatic rings. The highest BCUT2D eigenvalue weighted by Gasteiger charge is 2.06. The van der Waals surface area contributed by atoms with Crippen LogP contribution in [0.15, 0.2) is 12.3 Å². The van der Waals surface area contributed by atoms with E-state index >= 15 is 0 Å². The molecule has 2 heterocycles. The lowest BCUT2D eigenvalue weighted by atomic mass is 10.3. The molecule has 0 fully saturated rings. The van der Waals surface area contributed by atoms with Gasteiger partial charge in [-0.15, -0.1) is 10.2 Å². The molecule has 0 amide bonds. The van der Waals surface area contributed by atoms with E-state index in [-0.39, 0.29) is 11.4 Å². The molecule has 90 valence electrons. The minimum absolute atomic E-state index is 0.217. The summed E-state index contributed by atoms with van der Waals surface area (Å²) >= 11 is 0. The zero-order valence-electron chi connectivity index (χ0n) is 9.84. The largest absolute Gasteiger partial charge is 0.329 e. The average Bonchev–Trinajstić information content (AvgIpc) is 2.82. The lowest BCUT2D eigenvalue weighted by Crippen LogP contribution is -2.00. The molecule has 0 aliphatic carbocycles. The first kappa shape index (κ1) is 11.7. The summed E-state index contributed by atoms with van der Waals surface area (Å²) in [5.41, 5.74) is 1.93. The molecule has 0 unspecified atom stereocenters. The lowest BCUT2D eigenvalue weighted by molar-refractivity contribution is 0.881. The van der Waals surface area contributed by atoms with Gasteiger partial charge in [-0.05, 0) is 25.1 Å². The smallest absolute Gasteiger partial charge is 0.227 e. The van der Waals surface area contributed by atoms with E-state index < -0.39 is 0 Å². The predicted octanol–water partition coefficient (Wildman–Crippen LogP) is 0.583. The zero-order valence-corrected chi connectivity index (χ0v) is 9.84. The molecule has 2 aromatic rings. The Morgan fingerprint density at radius 1 is 1.39 bits per heavy atom. The molecule has 0 atom stereocenters. The minimum atomic E-state index is 0.217. The van der Waals surface area contributed by atoms with E-state index in [1.54, 1.807) is 0 Å². The third kappa shape index (κ3) is 2.65. The molecule has 0 radical (unpaired) electrons. The number of hydrogen-bond acceptors (Lipinski definition) is 7. The minimum Gasteiger partial charge on any atom is -0.329 e. The maximum atomic E-state index is 8.96. The Labute approximate surface area is 103 Å². The number of H-pyrrole nitrogens is 1. The Morgan fingerprint density at radius 3 is 2.67 bits per heavy atom. The van der Waals surface area contributed by atoms with Crippen LogP contribution in [-0.2, 0) is 0 Å². The van der Waals surface area contributed by atoms with E-state index in [1.807, 2.05) is 26.0 Å². The highest BCUT2D eigenvalue weighted by atomic mass is 15.5. The van der Waals surface area contributed by atoms with E-state index in [1.165, 1.54) is 6.20 Å². The van der Waals surface area contributed by atoms with Gasteiger partial charge in [-0.25, -0.2) is 9.97 Å². The molecule has 0 spiro atoms. The first-order valence-corrected chi connectivity index (χ1v) is 5.12. The summed E-state index contributed by atoms with van der Waals surface area (Å²) in [6.07, 6.45) is 1.44. The van der Waals surface area contributed by atoms with Crippen LogP contribution in [0.1, 0.15) is 17.2 Å². The number of aromatic nitrogens is 6. The highest BCUT2D eigenvalue weighted by molar-refractivity contribution is 5.73. The molecule has 0 bridgehead atoms. The van der Waals surface area contributed by atoms with Crippen molar-refractivity contribution in [2.45, 2.75) is 13.8 Å². The van der Waals surface area contributed by atoms with Gasteiger partial charge in [0, 0.05) is 17.6 Å². The van der Waals surface area contributed by atoms with Gasteiger partial charge in [0.2, 0.25) is 11.8 Å². The number of tetrazole rings is 1. The third-order valence-corrected chi connectivity index (χ3v) is 2.03.